The van der Waals surface area contributed by atoms with E-state index in [1.165, 1.54) is 38.5 Å². The number of nitrogens with one attached hydrogen (secondary N) is 1. The molecular formula is C30H45N3O2. The number of primary amides is 1. The minimum Gasteiger partial charge on any atom is -0.395 e. The molecule has 2 aromatic carbocycles. The van der Waals surface area contributed by atoms with Gasteiger partial charge in [-0.15, -0.1) is 0 Å². The normalized spacial score (nSPS) is 16.3. The van der Waals surface area contributed by atoms with E-state index in [1.54, 1.807) is 0 Å². The third-order valence-electron chi connectivity index (χ3n) is 7.71. The van der Waals surface area contributed by atoms with E-state index >= 15 is 0 Å². The molecule has 1 aliphatic rings. The molecule has 35 heavy (non-hydrogen) atoms. The molecule has 1 amide bonds. The molecule has 0 saturated carbocycles. The lowest BCUT2D eigenvalue weighted by atomic mass is 9.62. The quantitative estimate of drug-likeness (QED) is 0.329. The number of amides is 1. The van der Waals surface area contributed by atoms with Gasteiger partial charge in [0.25, 0.3) is 0 Å². The molecule has 1 aliphatic heterocycles. The number of benzene rings is 2. The van der Waals surface area contributed by atoms with E-state index in [-0.39, 0.29) is 24.5 Å². The highest BCUT2D eigenvalue weighted by Crippen LogP contribution is 2.44. The summed E-state index contributed by atoms with van der Waals surface area (Å²) >= 11 is 0. The van der Waals surface area contributed by atoms with Crippen LogP contribution in [0.3, 0.4) is 0 Å². The highest BCUT2D eigenvalue weighted by molar-refractivity contribution is 5.91. The van der Waals surface area contributed by atoms with Crippen molar-refractivity contribution in [1.82, 2.24) is 10.2 Å². The Labute approximate surface area is 212 Å². The van der Waals surface area contributed by atoms with Crippen LogP contribution in [-0.4, -0.2) is 54.7 Å². The fourth-order valence-electron chi connectivity index (χ4n) is 5.70. The number of aliphatic hydroxyl groups is 1. The summed E-state index contributed by atoms with van der Waals surface area (Å²) in [4.78, 5) is 15.8. The summed E-state index contributed by atoms with van der Waals surface area (Å²) in [6.07, 6.45) is 9.48. The van der Waals surface area contributed by atoms with E-state index in [0.29, 0.717) is 0 Å². The van der Waals surface area contributed by atoms with Crippen LogP contribution >= 0.6 is 0 Å². The number of hydrogen-bond acceptors (Lipinski definition) is 4. The molecule has 1 heterocycles. The molecule has 1 fully saturated rings. The van der Waals surface area contributed by atoms with Gasteiger partial charge in [-0.1, -0.05) is 86.3 Å². The Morgan fingerprint density at radius 1 is 0.943 bits per heavy atom. The third-order valence-corrected chi connectivity index (χ3v) is 7.71. The topological polar surface area (TPSA) is 78.6 Å². The van der Waals surface area contributed by atoms with Crippen LogP contribution in [0.1, 0.15) is 69.4 Å². The van der Waals surface area contributed by atoms with Crippen LogP contribution in [-0.2, 0) is 10.2 Å². The number of rotatable bonds is 15. The van der Waals surface area contributed by atoms with Gasteiger partial charge in [-0.3, -0.25) is 4.79 Å². The van der Waals surface area contributed by atoms with Crippen LogP contribution in [0.5, 0.6) is 0 Å². The number of piperidine rings is 1. The molecule has 2 aromatic rings. The lowest BCUT2D eigenvalue weighted by Gasteiger charge is -2.43. The highest BCUT2D eigenvalue weighted by Gasteiger charge is 2.47. The maximum Gasteiger partial charge on any atom is 0.232 e. The first-order chi connectivity index (χ1) is 17.1. The van der Waals surface area contributed by atoms with Gasteiger partial charge in [-0.05, 0) is 75.8 Å². The Morgan fingerprint density at radius 2 is 1.46 bits per heavy atom. The molecule has 1 saturated heterocycles. The largest absolute Gasteiger partial charge is 0.395 e. The van der Waals surface area contributed by atoms with Gasteiger partial charge in [0.05, 0.1) is 6.61 Å². The van der Waals surface area contributed by atoms with Crippen molar-refractivity contribution < 1.29 is 9.90 Å². The van der Waals surface area contributed by atoms with Crippen molar-refractivity contribution >= 4 is 5.91 Å². The summed E-state index contributed by atoms with van der Waals surface area (Å²) in [7, 11) is 0. The minimum atomic E-state index is -0.779. The average molecular weight is 480 g/mol. The van der Waals surface area contributed by atoms with Gasteiger partial charge in [-0.2, -0.15) is 0 Å². The molecule has 1 atom stereocenters. The van der Waals surface area contributed by atoms with Gasteiger partial charge in [0.15, 0.2) is 0 Å². The standard InChI is InChI=1S/C30H45N3O2/c1-25(24-34)32-20-12-4-2-3-5-13-21-33-22-18-28(19-23-33)30(29(31)35,26-14-8-6-9-15-26)27-16-10-7-11-17-27/h6-11,14-17,25,28,32,34H,2-5,12-13,18-24H2,1H3,(H2,31,35)/t25-/m1/s1. The molecular weight excluding hydrogens is 434 g/mol. The molecule has 3 rings (SSSR count). The van der Waals surface area contributed by atoms with Gasteiger partial charge in [0.1, 0.15) is 5.41 Å². The summed E-state index contributed by atoms with van der Waals surface area (Å²) in [5, 5.41) is 12.4. The van der Waals surface area contributed by atoms with Crippen molar-refractivity contribution in [2.45, 2.75) is 69.7 Å². The number of carbonyl (C=O) groups is 1. The van der Waals surface area contributed by atoms with Crippen molar-refractivity contribution in [3.05, 3.63) is 71.8 Å². The van der Waals surface area contributed by atoms with E-state index in [4.69, 9.17) is 10.8 Å². The lowest BCUT2D eigenvalue weighted by molar-refractivity contribution is -0.124. The summed E-state index contributed by atoms with van der Waals surface area (Å²) < 4.78 is 0. The number of carbonyl (C=O) groups excluding carboxylic acids is 1. The molecule has 0 aromatic heterocycles. The van der Waals surface area contributed by atoms with Crippen molar-refractivity contribution in [2.24, 2.45) is 11.7 Å². The lowest BCUT2D eigenvalue weighted by Crippen LogP contribution is -2.51. The molecule has 0 unspecified atom stereocenters. The molecule has 4 N–H and O–H groups in total. The van der Waals surface area contributed by atoms with Gasteiger partial charge >= 0.3 is 0 Å². The van der Waals surface area contributed by atoms with E-state index in [2.05, 4.69) is 34.5 Å². The second-order valence-electron chi connectivity index (χ2n) is 10.2. The molecule has 0 spiro atoms. The predicted molar refractivity (Wildman–Crippen MR) is 144 cm³/mol. The van der Waals surface area contributed by atoms with Crippen LogP contribution in [0.4, 0.5) is 0 Å². The number of unbranched alkanes of at least 4 members (excludes halogenated alkanes) is 5. The molecule has 0 radical (unpaired) electrons. The number of likely N-dealkylation sites (tertiary alicyclic amines) is 1. The van der Waals surface area contributed by atoms with Crippen molar-refractivity contribution in [1.29, 1.82) is 0 Å². The Balaban J connectivity index is 1.48. The first kappa shape index (κ1) is 27.4. The number of hydrogen-bond donors (Lipinski definition) is 3. The average Bonchev–Trinajstić information content (AvgIpc) is 2.90. The van der Waals surface area contributed by atoms with Crippen molar-refractivity contribution in [3.63, 3.8) is 0 Å². The number of nitrogens with zero attached hydrogens (tertiary/aromatic N) is 1. The maximum absolute atomic E-state index is 13.2. The summed E-state index contributed by atoms with van der Waals surface area (Å²) in [6, 6.07) is 20.5. The first-order valence-corrected chi connectivity index (χ1v) is 13.6. The van der Waals surface area contributed by atoms with Crippen LogP contribution in [0.15, 0.2) is 60.7 Å². The molecule has 0 bridgehead atoms. The van der Waals surface area contributed by atoms with E-state index in [0.717, 1.165) is 50.1 Å². The zero-order chi connectivity index (χ0) is 24.9. The Hall–Kier alpha value is -2.21. The maximum atomic E-state index is 13.2. The van der Waals surface area contributed by atoms with Crippen LogP contribution in [0.25, 0.3) is 0 Å². The fourth-order valence-corrected chi connectivity index (χ4v) is 5.70. The van der Waals surface area contributed by atoms with Crippen LogP contribution in [0.2, 0.25) is 0 Å². The number of aliphatic hydroxyl groups excluding tert-OH is 1. The van der Waals surface area contributed by atoms with E-state index in [9.17, 15) is 4.79 Å². The molecule has 5 heteroatoms. The summed E-state index contributed by atoms with van der Waals surface area (Å²) in [5.74, 6) is -0.0439. The van der Waals surface area contributed by atoms with Crippen LogP contribution < -0.4 is 11.1 Å². The van der Waals surface area contributed by atoms with Gasteiger partial charge in [0, 0.05) is 6.04 Å². The third kappa shape index (κ3) is 7.39. The molecule has 192 valence electrons. The zero-order valence-electron chi connectivity index (χ0n) is 21.5. The van der Waals surface area contributed by atoms with Gasteiger partial charge in [0.2, 0.25) is 5.91 Å². The second-order valence-corrected chi connectivity index (χ2v) is 10.2. The Bertz CT molecular complexity index is 811. The van der Waals surface area contributed by atoms with Gasteiger partial charge < -0.3 is 21.1 Å². The smallest absolute Gasteiger partial charge is 0.232 e. The first-order valence-electron chi connectivity index (χ1n) is 13.6. The zero-order valence-corrected chi connectivity index (χ0v) is 21.5. The van der Waals surface area contributed by atoms with Crippen molar-refractivity contribution in [2.75, 3.05) is 32.8 Å². The summed E-state index contributed by atoms with van der Waals surface area (Å²) in [6.45, 7) is 6.40. The van der Waals surface area contributed by atoms with Crippen LogP contribution in [0, 0.1) is 5.92 Å². The monoisotopic (exact) mass is 479 g/mol. The SMILES string of the molecule is C[C@H](CO)NCCCCCCCCN1CCC(C(C(N)=O)(c2ccccc2)c2ccccc2)CC1. The Kier molecular flexibility index (Phi) is 11.2. The Morgan fingerprint density at radius 3 is 1.97 bits per heavy atom. The summed E-state index contributed by atoms with van der Waals surface area (Å²) in [5.41, 5.74) is 7.46. The number of nitrogens with two attached hydrogens (primary N) is 1. The fraction of sp³-hybridized carbons (Fsp3) is 0.567. The minimum absolute atomic E-state index is 0.197. The molecule has 5 nitrogen and oxygen atoms in total. The molecule has 0 aliphatic carbocycles. The van der Waals surface area contributed by atoms with E-state index < -0.39 is 5.41 Å². The van der Waals surface area contributed by atoms with Crippen molar-refractivity contribution in [3.8, 4) is 0 Å². The van der Waals surface area contributed by atoms with E-state index in [1.807, 2.05) is 43.3 Å². The highest BCUT2D eigenvalue weighted by atomic mass is 16.3. The predicted octanol–water partition coefficient (Wildman–Crippen LogP) is 4.48. The second kappa shape index (κ2) is 14.4. The van der Waals surface area contributed by atoms with Gasteiger partial charge in [-0.25, -0.2) is 0 Å².